The van der Waals surface area contributed by atoms with E-state index in [1.165, 1.54) is 0 Å². The lowest BCUT2D eigenvalue weighted by molar-refractivity contribution is -0.124. The van der Waals surface area contributed by atoms with Crippen molar-refractivity contribution in [1.82, 2.24) is 4.90 Å². The lowest BCUT2D eigenvalue weighted by Gasteiger charge is -2.43. The number of para-hydroxylation sites is 1. The number of anilines is 2. The molecule has 1 heterocycles. The predicted molar refractivity (Wildman–Crippen MR) is 145 cm³/mol. The number of amides is 1. The van der Waals surface area contributed by atoms with E-state index in [2.05, 4.69) is 15.4 Å². The molecule has 4 rings (SSSR count). The summed E-state index contributed by atoms with van der Waals surface area (Å²) in [6.07, 6.45) is 0. The van der Waals surface area contributed by atoms with Crippen molar-refractivity contribution in [2.24, 2.45) is 5.10 Å². The standard InChI is InChI=1S/C26H24Cl3N5O/c1-17(31-32-21-5-3-2-4-6-21)25(30)26(35)33-13-14-34(23-12-11-20(28)15-22(23)29)24(16-33)18-7-9-19(27)10-8-18/h2-12,15,24,30,32H,13-14,16H2,1H3/b30-25?,31-17-/t24-/m0/s1. The van der Waals surface area contributed by atoms with Crippen LogP contribution in [0.1, 0.15) is 18.5 Å². The van der Waals surface area contributed by atoms with Gasteiger partial charge in [0.1, 0.15) is 5.71 Å². The van der Waals surface area contributed by atoms with E-state index < -0.39 is 0 Å². The molecule has 3 aromatic carbocycles. The Morgan fingerprint density at radius 3 is 2.34 bits per heavy atom. The van der Waals surface area contributed by atoms with Crippen LogP contribution in [0.5, 0.6) is 0 Å². The molecule has 0 bridgehead atoms. The van der Waals surface area contributed by atoms with Gasteiger partial charge < -0.3 is 9.80 Å². The summed E-state index contributed by atoms with van der Waals surface area (Å²) in [5.41, 5.74) is 5.65. The molecule has 2 N–H and O–H groups in total. The first-order valence-electron chi connectivity index (χ1n) is 11.0. The zero-order valence-electron chi connectivity index (χ0n) is 19.0. The molecule has 6 nitrogen and oxygen atoms in total. The number of carbonyl (C=O) groups excluding carboxylic acids is 1. The van der Waals surface area contributed by atoms with Crippen molar-refractivity contribution in [3.05, 3.63) is 93.4 Å². The topological polar surface area (TPSA) is 71.8 Å². The van der Waals surface area contributed by atoms with Crippen LogP contribution in [0.2, 0.25) is 15.1 Å². The van der Waals surface area contributed by atoms with Crippen LogP contribution < -0.4 is 10.3 Å². The molecular formula is C26H24Cl3N5O. The van der Waals surface area contributed by atoms with Gasteiger partial charge in [-0.25, -0.2) is 0 Å². The van der Waals surface area contributed by atoms with E-state index >= 15 is 0 Å². The molecule has 1 aliphatic heterocycles. The van der Waals surface area contributed by atoms with Crippen molar-refractivity contribution in [2.45, 2.75) is 13.0 Å². The zero-order chi connectivity index (χ0) is 24.9. The number of nitrogens with zero attached hydrogens (tertiary/aromatic N) is 3. The van der Waals surface area contributed by atoms with Crippen LogP contribution in [0.25, 0.3) is 0 Å². The number of hydrogen-bond acceptors (Lipinski definition) is 5. The fourth-order valence-corrected chi connectivity index (χ4v) is 4.61. The molecule has 0 radical (unpaired) electrons. The third-order valence-corrected chi connectivity index (χ3v) is 6.63. The maximum Gasteiger partial charge on any atom is 0.273 e. The van der Waals surface area contributed by atoms with Gasteiger partial charge in [0.05, 0.1) is 28.2 Å². The van der Waals surface area contributed by atoms with Gasteiger partial charge in [-0.05, 0) is 55.0 Å². The molecule has 0 aliphatic carbocycles. The molecular weight excluding hydrogens is 505 g/mol. The highest BCUT2D eigenvalue weighted by Gasteiger charge is 2.33. The van der Waals surface area contributed by atoms with Crippen molar-refractivity contribution in [3.8, 4) is 0 Å². The van der Waals surface area contributed by atoms with E-state index in [0.717, 1.165) is 16.9 Å². The van der Waals surface area contributed by atoms with Gasteiger partial charge in [0.15, 0.2) is 0 Å². The third-order valence-electron chi connectivity index (χ3n) is 5.84. The maximum atomic E-state index is 13.2. The third kappa shape index (κ3) is 5.96. The van der Waals surface area contributed by atoms with E-state index in [1.807, 2.05) is 60.7 Å². The highest BCUT2D eigenvalue weighted by atomic mass is 35.5. The normalized spacial score (nSPS) is 16.2. The summed E-state index contributed by atoms with van der Waals surface area (Å²) in [6, 6.07) is 22.1. The van der Waals surface area contributed by atoms with Gasteiger partial charge in [-0.3, -0.25) is 15.6 Å². The number of hydrogen-bond donors (Lipinski definition) is 2. The Bertz CT molecular complexity index is 1250. The van der Waals surface area contributed by atoms with Gasteiger partial charge in [0.25, 0.3) is 5.91 Å². The molecule has 9 heteroatoms. The van der Waals surface area contributed by atoms with Crippen LogP contribution in [-0.4, -0.2) is 41.9 Å². The van der Waals surface area contributed by atoms with Gasteiger partial charge in [0.2, 0.25) is 0 Å². The summed E-state index contributed by atoms with van der Waals surface area (Å²) in [6.45, 7) is 2.99. The second-order valence-electron chi connectivity index (χ2n) is 8.16. The van der Waals surface area contributed by atoms with Crippen LogP contribution in [0.15, 0.2) is 77.9 Å². The Morgan fingerprint density at radius 2 is 1.66 bits per heavy atom. The summed E-state index contributed by atoms with van der Waals surface area (Å²) in [5.74, 6) is -0.373. The maximum absolute atomic E-state index is 13.2. The van der Waals surface area contributed by atoms with E-state index in [4.69, 9.17) is 40.2 Å². The van der Waals surface area contributed by atoms with Gasteiger partial charge in [-0.2, -0.15) is 5.10 Å². The number of nitrogens with one attached hydrogen (secondary N) is 2. The smallest absolute Gasteiger partial charge is 0.273 e. The number of piperazine rings is 1. The van der Waals surface area contributed by atoms with Crippen molar-refractivity contribution in [1.29, 1.82) is 5.41 Å². The van der Waals surface area contributed by atoms with E-state index in [1.54, 1.807) is 24.0 Å². The van der Waals surface area contributed by atoms with Crippen LogP contribution in [-0.2, 0) is 4.79 Å². The first-order chi connectivity index (χ1) is 16.8. The Balaban J connectivity index is 1.55. The minimum Gasteiger partial charge on any atom is -0.360 e. The molecule has 0 saturated carbocycles. The average molecular weight is 529 g/mol. The fourth-order valence-electron chi connectivity index (χ4n) is 3.97. The monoisotopic (exact) mass is 527 g/mol. The van der Waals surface area contributed by atoms with Crippen molar-refractivity contribution >= 4 is 63.5 Å². The van der Waals surface area contributed by atoms with Crippen LogP contribution in [0.3, 0.4) is 0 Å². The first-order valence-corrected chi connectivity index (χ1v) is 12.2. The molecule has 35 heavy (non-hydrogen) atoms. The van der Waals surface area contributed by atoms with E-state index in [9.17, 15) is 4.79 Å². The molecule has 1 amide bonds. The molecule has 0 spiro atoms. The number of benzene rings is 3. The van der Waals surface area contributed by atoms with Gasteiger partial charge in [0, 0.05) is 29.7 Å². The summed E-state index contributed by atoms with van der Waals surface area (Å²) in [4.78, 5) is 17.1. The van der Waals surface area contributed by atoms with Gasteiger partial charge in [-0.1, -0.05) is 65.1 Å². The van der Waals surface area contributed by atoms with Crippen LogP contribution in [0.4, 0.5) is 11.4 Å². The second kappa shape index (κ2) is 11.1. The molecule has 0 aromatic heterocycles. The molecule has 0 unspecified atom stereocenters. The Hall–Kier alpha value is -3.06. The molecule has 180 valence electrons. The van der Waals surface area contributed by atoms with E-state index in [-0.39, 0.29) is 17.7 Å². The molecule has 1 fully saturated rings. The Labute approximate surface area is 219 Å². The largest absolute Gasteiger partial charge is 0.360 e. The van der Waals surface area contributed by atoms with Crippen molar-refractivity contribution in [3.63, 3.8) is 0 Å². The summed E-state index contributed by atoms with van der Waals surface area (Å²) in [5, 5.41) is 14.4. The molecule has 3 aromatic rings. The lowest BCUT2D eigenvalue weighted by atomic mass is 10.0. The lowest BCUT2D eigenvalue weighted by Crippen LogP contribution is -2.53. The number of hydrazone groups is 1. The predicted octanol–water partition coefficient (Wildman–Crippen LogP) is 6.54. The molecule has 1 atom stereocenters. The summed E-state index contributed by atoms with van der Waals surface area (Å²) < 4.78 is 0. The highest BCUT2D eigenvalue weighted by molar-refractivity contribution is 6.65. The number of rotatable bonds is 6. The van der Waals surface area contributed by atoms with Crippen LogP contribution in [0, 0.1) is 5.41 Å². The number of carbonyl (C=O) groups is 1. The average Bonchev–Trinajstić information content (AvgIpc) is 2.87. The Kier molecular flexibility index (Phi) is 7.96. The Morgan fingerprint density at radius 1 is 0.971 bits per heavy atom. The minimum atomic E-state index is -0.373. The SMILES string of the molecule is C/C(=N/Nc1ccccc1)C(=N)C(=O)N1CCN(c2ccc(Cl)cc2Cl)[C@H](c2ccc(Cl)cc2)C1. The molecule has 1 saturated heterocycles. The summed E-state index contributed by atoms with van der Waals surface area (Å²) in [7, 11) is 0. The minimum absolute atomic E-state index is 0.152. The van der Waals surface area contributed by atoms with E-state index in [0.29, 0.717) is 40.4 Å². The first kappa shape index (κ1) is 25.0. The van der Waals surface area contributed by atoms with Gasteiger partial charge >= 0.3 is 0 Å². The second-order valence-corrected chi connectivity index (χ2v) is 9.44. The van der Waals surface area contributed by atoms with Crippen molar-refractivity contribution < 1.29 is 4.79 Å². The quantitative estimate of drug-likeness (QED) is 0.282. The molecule has 1 aliphatic rings. The van der Waals surface area contributed by atoms with Gasteiger partial charge in [-0.15, -0.1) is 0 Å². The fraction of sp³-hybridized carbons (Fsp3) is 0.192. The number of halogens is 3. The highest BCUT2D eigenvalue weighted by Crippen LogP contribution is 2.36. The summed E-state index contributed by atoms with van der Waals surface area (Å²) >= 11 is 18.8. The van der Waals surface area contributed by atoms with Crippen LogP contribution >= 0.6 is 34.8 Å². The zero-order valence-corrected chi connectivity index (χ0v) is 21.3. The van der Waals surface area contributed by atoms with Crippen molar-refractivity contribution in [2.75, 3.05) is 30.0 Å².